The van der Waals surface area contributed by atoms with Gasteiger partial charge in [0, 0.05) is 26.2 Å². The fourth-order valence-corrected chi connectivity index (χ4v) is 4.21. The van der Waals surface area contributed by atoms with Gasteiger partial charge in [0.2, 0.25) is 0 Å². The van der Waals surface area contributed by atoms with E-state index in [4.69, 9.17) is 4.74 Å². The smallest absolute Gasteiger partial charge is 0.263 e. The lowest BCUT2D eigenvalue weighted by Gasteiger charge is -2.40. The van der Waals surface area contributed by atoms with Gasteiger partial charge in [-0.1, -0.05) is 78.4 Å². The Labute approximate surface area is 185 Å². The highest BCUT2D eigenvalue weighted by Crippen LogP contribution is 2.29. The first-order valence-electron chi connectivity index (χ1n) is 11.0. The van der Waals surface area contributed by atoms with E-state index in [0.717, 1.165) is 18.8 Å². The Hall–Kier alpha value is -3.11. The first-order valence-corrected chi connectivity index (χ1v) is 11.0. The van der Waals surface area contributed by atoms with Gasteiger partial charge in [0.05, 0.1) is 6.04 Å². The average molecular weight is 415 g/mol. The van der Waals surface area contributed by atoms with Crippen molar-refractivity contribution < 1.29 is 9.53 Å². The van der Waals surface area contributed by atoms with E-state index < -0.39 is 6.10 Å². The Balaban J connectivity index is 1.41. The molecule has 0 N–H and O–H groups in total. The lowest BCUT2D eigenvalue weighted by atomic mass is 9.96. The van der Waals surface area contributed by atoms with Crippen molar-refractivity contribution in [3.05, 3.63) is 102 Å². The summed E-state index contributed by atoms with van der Waals surface area (Å²) in [6, 6.07) is 29.3. The Morgan fingerprint density at radius 3 is 1.81 bits per heavy atom. The van der Waals surface area contributed by atoms with Crippen LogP contribution < -0.4 is 4.74 Å². The molecule has 1 fully saturated rings. The zero-order valence-electron chi connectivity index (χ0n) is 18.3. The van der Waals surface area contributed by atoms with Crippen LogP contribution in [-0.2, 0) is 4.79 Å². The summed E-state index contributed by atoms with van der Waals surface area (Å²) in [4.78, 5) is 17.4. The van der Waals surface area contributed by atoms with Crippen molar-refractivity contribution in [2.75, 3.05) is 26.2 Å². The van der Waals surface area contributed by atoms with E-state index in [0.29, 0.717) is 13.1 Å². The normalized spacial score (nSPS) is 15.6. The van der Waals surface area contributed by atoms with Crippen molar-refractivity contribution >= 4 is 5.91 Å². The van der Waals surface area contributed by atoms with Crippen molar-refractivity contribution in [3.8, 4) is 5.75 Å². The Morgan fingerprint density at radius 2 is 1.29 bits per heavy atom. The minimum atomic E-state index is -0.492. The predicted octanol–water partition coefficient (Wildman–Crippen LogP) is 4.70. The number of amides is 1. The van der Waals surface area contributed by atoms with Crippen molar-refractivity contribution in [2.24, 2.45) is 0 Å². The summed E-state index contributed by atoms with van der Waals surface area (Å²) in [5, 5.41) is 0. The van der Waals surface area contributed by atoms with Gasteiger partial charge in [0.25, 0.3) is 5.91 Å². The van der Waals surface area contributed by atoms with Crippen LogP contribution >= 0.6 is 0 Å². The molecule has 4 heteroatoms. The van der Waals surface area contributed by atoms with Gasteiger partial charge in [-0.05, 0) is 37.1 Å². The van der Waals surface area contributed by atoms with E-state index in [-0.39, 0.29) is 11.9 Å². The Morgan fingerprint density at radius 1 is 0.774 bits per heavy atom. The minimum Gasteiger partial charge on any atom is -0.481 e. The molecule has 0 saturated carbocycles. The summed E-state index contributed by atoms with van der Waals surface area (Å²) in [5.41, 5.74) is 3.74. The van der Waals surface area contributed by atoms with E-state index in [2.05, 4.69) is 65.6 Å². The maximum atomic E-state index is 13.0. The maximum Gasteiger partial charge on any atom is 0.263 e. The predicted molar refractivity (Wildman–Crippen MR) is 124 cm³/mol. The number of nitrogens with zero attached hydrogens (tertiary/aromatic N) is 2. The molecule has 1 aliphatic heterocycles. The summed E-state index contributed by atoms with van der Waals surface area (Å²) in [7, 11) is 0. The number of benzene rings is 3. The molecule has 1 saturated heterocycles. The van der Waals surface area contributed by atoms with Gasteiger partial charge in [-0.25, -0.2) is 0 Å². The minimum absolute atomic E-state index is 0.0520. The van der Waals surface area contributed by atoms with Crippen molar-refractivity contribution in [3.63, 3.8) is 0 Å². The molecule has 0 aromatic heterocycles. The van der Waals surface area contributed by atoms with Crippen molar-refractivity contribution in [1.82, 2.24) is 9.80 Å². The largest absolute Gasteiger partial charge is 0.481 e. The quantitative estimate of drug-likeness (QED) is 0.586. The summed E-state index contributed by atoms with van der Waals surface area (Å²) in [5.74, 6) is 0.787. The number of hydrogen-bond donors (Lipinski definition) is 0. The van der Waals surface area contributed by atoms with Crippen LogP contribution in [-0.4, -0.2) is 48.0 Å². The molecular weight excluding hydrogens is 384 g/mol. The van der Waals surface area contributed by atoms with Crippen LogP contribution in [0.2, 0.25) is 0 Å². The van der Waals surface area contributed by atoms with E-state index >= 15 is 0 Å². The Bertz CT molecular complexity index is 926. The van der Waals surface area contributed by atoms with Crippen molar-refractivity contribution in [1.29, 1.82) is 0 Å². The van der Waals surface area contributed by atoms with Gasteiger partial charge in [0.1, 0.15) is 5.75 Å². The molecule has 1 atom stereocenters. The highest BCUT2D eigenvalue weighted by atomic mass is 16.5. The van der Waals surface area contributed by atoms with Crippen LogP contribution in [0.25, 0.3) is 0 Å². The Kier molecular flexibility index (Phi) is 6.68. The second kappa shape index (κ2) is 9.80. The van der Waals surface area contributed by atoms with Crippen LogP contribution in [0.4, 0.5) is 0 Å². The first-order chi connectivity index (χ1) is 15.1. The molecule has 31 heavy (non-hydrogen) atoms. The average Bonchev–Trinajstić information content (AvgIpc) is 2.82. The summed E-state index contributed by atoms with van der Waals surface area (Å²) < 4.78 is 5.89. The van der Waals surface area contributed by atoms with Crippen LogP contribution in [0.1, 0.15) is 29.7 Å². The van der Waals surface area contributed by atoms with E-state index in [1.807, 2.05) is 43.0 Å². The van der Waals surface area contributed by atoms with E-state index in [9.17, 15) is 4.79 Å². The van der Waals surface area contributed by atoms with E-state index in [1.165, 1.54) is 16.7 Å². The van der Waals surface area contributed by atoms with Gasteiger partial charge in [-0.2, -0.15) is 0 Å². The topological polar surface area (TPSA) is 32.8 Å². The van der Waals surface area contributed by atoms with Crippen LogP contribution in [0.15, 0.2) is 84.9 Å². The van der Waals surface area contributed by atoms with Gasteiger partial charge in [-0.3, -0.25) is 9.69 Å². The molecule has 3 aromatic carbocycles. The van der Waals surface area contributed by atoms with Crippen LogP contribution in [0, 0.1) is 6.92 Å². The highest BCUT2D eigenvalue weighted by Gasteiger charge is 2.30. The third-order valence-corrected chi connectivity index (χ3v) is 5.90. The zero-order chi connectivity index (χ0) is 21.6. The van der Waals surface area contributed by atoms with Gasteiger partial charge in [0.15, 0.2) is 6.10 Å². The second-order valence-electron chi connectivity index (χ2n) is 8.16. The molecule has 0 unspecified atom stereocenters. The lowest BCUT2D eigenvalue weighted by molar-refractivity contribution is -0.140. The molecule has 4 nitrogen and oxygen atoms in total. The molecule has 1 amide bonds. The maximum absolute atomic E-state index is 13.0. The molecular formula is C27H30N2O2. The summed E-state index contributed by atoms with van der Waals surface area (Å²) in [6.45, 7) is 6.95. The molecule has 1 aliphatic rings. The molecule has 3 aromatic rings. The SMILES string of the molecule is Cc1ccc(O[C@@H](C)C(=O)N2CCN(C(c3ccccc3)c3ccccc3)CC2)cc1. The molecule has 0 spiro atoms. The van der Waals surface area contributed by atoms with Gasteiger partial charge in [-0.15, -0.1) is 0 Å². The molecule has 0 aliphatic carbocycles. The number of carbonyl (C=O) groups excluding carboxylic acids is 1. The number of aryl methyl sites for hydroxylation is 1. The number of piperazine rings is 1. The second-order valence-corrected chi connectivity index (χ2v) is 8.16. The highest BCUT2D eigenvalue weighted by molar-refractivity contribution is 5.81. The van der Waals surface area contributed by atoms with Gasteiger partial charge >= 0.3 is 0 Å². The molecule has 0 bridgehead atoms. The summed E-state index contributed by atoms with van der Waals surface area (Å²) in [6.07, 6.45) is -0.492. The van der Waals surface area contributed by atoms with E-state index in [1.54, 1.807) is 0 Å². The number of carbonyl (C=O) groups is 1. The third kappa shape index (κ3) is 5.15. The number of rotatable bonds is 6. The fraction of sp³-hybridized carbons (Fsp3) is 0.296. The molecule has 160 valence electrons. The van der Waals surface area contributed by atoms with Crippen LogP contribution in [0.3, 0.4) is 0 Å². The first kappa shape index (κ1) is 21.1. The molecule has 0 radical (unpaired) electrons. The lowest BCUT2D eigenvalue weighted by Crippen LogP contribution is -2.52. The molecule has 4 rings (SSSR count). The standard InChI is InChI=1S/C27H30N2O2/c1-21-13-15-25(16-14-21)31-22(2)27(30)29-19-17-28(18-20-29)26(23-9-5-3-6-10-23)24-11-7-4-8-12-24/h3-16,22,26H,17-20H2,1-2H3/t22-/m0/s1. The van der Waals surface area contributed by atoms with Crippen LogP contribution in [0.5, 0.6) is 5.75 Å². The van der Waals surface area contributed by atoms with Crippen molar-refractivity contribution in [2.45, 2.75) is 26.0 Å². The molecule has 1 heterocycles. The third-order valence-electron chi connectivity index (χ3n) is 5.90. The zero-order valence-corrected chi connectivity index (χ0v) is 18.3. The number of ether oxygens (including phenoxy) is 1. The van der Waals surface area contributed by atoms with Gasteiger partial charge < -0.3 is 9.64 Å². The number of hydrogen-bond acceptors (Lipinski definition) is 3. The fourth-order valence-electron chi connectivity index (χ4n) is 4.21. The monoisotopic (exact) mass is 414 g/mol. The summed E-state index contributed by atoms with van der Waals surface area (Å²) >= 11 is 0.